The van der Waals surface area contributed by atoms with E-state index in [9.17, 15) is 9.59 Å². The maximum Gasteiger partial charge on any atom is 0.259 e. The van der Waals surface area contributed by atoms with Crippen molar-refractivity contribution in [1.82, 2.24) is 10.7 Å². The van der Waals surface area contributed by atoms with Gasteiger partial charge in [0.1, 0.15) is 13.2 Å². The molecule has 0 fully saturated rings. The van der Waals surface area contributed by atoms with Crippen LogP contribution in [0.1, 0.15) is 15.9 Å². The summed E-state index contributed by atoms with van der Waals surface area (Å²) in [5.41, 5.74) is 3.44. The number of rotatable bonds is 7. The molecule has 9 heteroatoms. The number of carbonyl (C=O) groups is 2. The minimum absolute atomic E-state index is 0.226. The summed E-state index contributed by atoms with van der Waals surface area (Å²) in [5, 5.41) is 6.40. The van der Waals surface area contributed by atoms with Gasteiger partial charge in [0.25, 0.3) is 11.8 Å². The highest BCUT2D eigenvalue weighted by molar-refractivity contribution is 5.97. The number of amides is 2. The van der Waals surface area contributed by atoms with Gasteiger partial charge in [0.05, 0.1) is 27.0 Å². The standard InChI is InChI=1S/C20H21N3O6/c1-26-15-5-3-13(9-17(15)27-2)11-22-23-19(24)12-21-20(25)14-4-6-16-18(10-14)29-8-7-28-16/h3-6,9-11H,7-8,12H2,1-2H3,(H,21,25)(H,23,24). The molecule has 0 saturated heterocycles. The average molecular weight is 399 g/mol. The second kappa shape index (κ2) is 9.45. The van der Waals surface area contributed by atoms with Crippen LogP contribution in [0.3, 0.4) is 0 Å². The highest BCUT2D eigenvalue weighted by Gasteiger charge is 2.15. The average Bonchev–Trinajstić information content (AvgIpc) is 2.76. The molecule has 0 atom stereocenters. The quantitative estimate of drug-likeness (QED) is 0.538. The molecule has 0 unspecified atom stereocenters. The van der Waals surface area contributed by atoms with Crippen LogP contribution in [0.25, 0.3) is 0 Å². The molecule has 2 amide bonds. The van der Waals surface area contributed by atoms with Crippen LogP contribution in [0.4, 0.5) is 0 Å². The molecule has 2 aromatic carbocycles. The second-order valence-electron chi connectivity index (χ2n) is 5.95. The Bertz CT molecular complexity index is 928. The zero-order valence-electron chi connectivity index (χ0n) is 16.1. The fourth-order valence-corrected chi connectivity index (χ4v) is 2.60. The Balaban J connectivity index is 1.49. The van der Waals surface area contributed by atoms with Crippen LogP contribution in [0, 0.1) is 0 Å². The largest absolute Gasteiger partial charge is 0.493 e. The van der Waals surface area contributed by atoms with Crippen molar-refractivity contribution in [1.29, 1.82) is 0 Å². The molecule has 1 aliphatic heterocycles. The Kier molecular flexibility index (Phi) is 6.51. The predicted octanol–water partition coefficient (Wildman–Crippen LogP) is 1.36. The number of benzene rings is 2. The van der Waals surface area contributed by atoms with E-state index in [1.807, 2.05) is 0 Å². The van der Waals surface area contributed by atoms with E-state index in [1.165, 1.54) is 13.3 Å². The van der Waals surface area contributed by atoms with Crippen molar-refractivity contribution in [2.24, 2.45) is 5.10 Å². The van der Waals surface area contributed by atoms with Crippen molar-refractivity contribution >= 4 is 18.0 Å². The fraction of sp³-hybridized carbons (Fsp3) is 0.250. The number of nitrogens with zero attached hydrogens (tertiary/aromatic N) is 1. The summed E-state index contributed by atoms with van der Waals surface area (Å²) in [6, 6.07) is 10.1. The SMILES string of the molecule is COc1ccc(C=NNC(=O)CNC(=O)c2ccc3c(c2)OCCO3)cc1OC. The molecule has 0 aromatic heterocycles. The Morgan fingerprint density at radius 1 is 1.03 bits per heavy atom. The van der Waals surface area contributed by atoms with Crippen LogP contribution in [-0.4, -0.2) is 52.0 Å². The maximum atomic E-state index is 12.2. The summed E-state index contributed by atoms with van der Waals surface area (Å²) in [6.07, 6.45) is 1.46. The van der Waals surface area contributed by atoms with Gasteiger partial charge in [-0.25, -0.2) is 5.43 Å². The minimum Gasteiger partial charge on any atom is -0.493 e. The third-order valence-electron chi connectivity index (χ3n) is 4.02. The zero-order chi connectivity index (χ0) is 20.6. The molecule has 9 nitrogen and oxygen atoms in total. The van der Waals surface area contributed by atoms with Gasteiger partial charge in [0.15, 0.2) is 23.0 Å². The molecule has 1 heterocycles. The summed E-state index contributed by atoms with van der Waals surface area (Å²) < 4.78 is 21.2. The molecular weight excluding hydrogens is 378 g/mol. The van der Waals surface area contributed by atoms with Gasteiger partial charge < -0.3 is 24.3 Å². The van der Waals surface area contributed by atoms with E-state index in [0.717, 1.165) is 0 Å². The Morgan fingerprint density at radius 2 is 1.79 bits per heavy atom. The Morgan fingerprint density at radius 3 is 2.55 bits per heavy atom. The van der Waals surface area contributed by atoms with E-state index < -0.39 is 11.8 Å². The normalized spacial score (nSPS) is 12.3. The maximum absolute atomic E-state index is 12.2. The molecule has 3 rings (SSSR count). The summed E-state index contributed by atoms with van der Waals surface area (Å²) in [4.78, 5) is 24.1. The second-order valence-corrected chi connectivity index (χ2v) is 5.95. The summed E-state index contributed by atoms with van der Waals surface area (Å²) >= 11 is 0. The highest BCUT2D eigenvalue weighted by atomic mass is 16.6. The molecular formula is C20H21N3O6. The minimum atomic E-state index is -0.465. The van der Waals surface area contributed by atoms with E-state index in [4.69, 9.17) is 18.9 Å². The van der Waals surface area contributed by atoms with Crippen LogP contribution in [0.2, 0.25) is 0 Å². The molecule has 2 aromatic rings. The Labute approximate surface area is 167 Å². The monoisotopic (exact) mass is 399 g/mol. The van der Waals surface area contributed by atoms with Gasteiger partial charge in [0, 0.05) is 5.56 Å². The Hall–Kier alpha value is -3.75. The van der Waals surface area contributed by atoms with E-state index in [-0.39, 0.29) is 6.54 Å². The van der Waals surface area contributed by atoms with E-state index >= 15 is 0 Å². The molecule has 0 spiro atoms. The van der Waals surface area contributed by atoms with Gasteiger partial charge in [-0.3, -0.25) is 9.59 Å². The van der Waals surface area contributed by atoms with Crippen LogP contribution in [0.15, 0.2) is 41.5 Å². The molecule has 152 valence electrons. The summed E-state index contributed by atoms with van der Waals surface area (Å²) in [6.45, 7) is 0.678. The third kappa shape index (κ3) is 5.16. The summed E-state index contributed by atoms with van der Waals surface area (Å²) in [5.74, 6) is 1.38. The predicted molar refractivity (Wildman–Crippen MR) is 105 cm³/mol. The molecule has 2 N–H and O–H groups in total. The lowest BCUT2D eigenvalue weighted by Gasteiger charge is -2.18. The lowest BCUT2D eigenvalue weighted by Crippen LogP contribution is -2.35. The number of ether oxygens (including phenoxy) is 4. The van der Waals surface area contributed by atoms with Crippen molar-refractivity contribution in [2.75, 3.05) is 34.0 Å². The number of methoxy groups -OCH3 is 2. The number of hydrogen-bond acceptors (Lipinski definition) is 7. The van der Waals surface area contributed by atoms with Gasteiger partial charge in [-0.15, -0.1) is 0 Å². The smallest absolute Gasteiger partial charge is 0.259 e. The van der Waals surface area contributed by atoms with Crippen molar-refractivity contribution < 1.29 is 28.5 Å². The molecule has 29 heavy (non-hydrogen) atoms. The number of hydrogen-bond donors (Lipinski definition) is 2. The zero-order valence-corrected chi connectivity index (χ0v) is 16.1. The number of hydrazone groups is 1. The summed E-state index contributed by atoms with van der Waals surface area (Å²) in [7, 11) is 3.08. The van der Waals surface area contributed by atoms with Crippen molar-refractivity contribution in [2.45, 2.75) is 0 Å². The van der Waals surface area contributed by atoms with Crippen molar-refractivity contribution in [3.63, 3.8) is 0 Å². The van der Waals surface area contributed by atoms with Crippen LogP contribution in [0.5, 0.6) is 23.0 Å². The van der Waals surface area contributed by atoms with Gasteiger partial charge in [0.2, 0.25) is 0 Å². The first-order valence-electron chi connectivity index (χ1n) is 8.82. The number of nitrogens with one attached hydrogen (secondary N) is 2. The molecule has 1 aliphatic rings. The number of fused-ring (bicyclic) bond motifs is 1. The number of carbonyl (C=O) groups excluding carboxylic acids is 2. The third-order valence-corrected chi connectivity index (χ3v) is 4.02. The van der Waals surface area contributed by atoms with Crippen LogP contribution < -0.4 is 29.7 Å². The highest BCUT2D eigenvalue weighted by Crippen LogP contribution is 2.30. The van der Waals surface area contributed by atoms with Gasteiger partial charge in [-0.05, 0) is 42.0 Å². The lowest BCUT2D eigenvalue weighted by atomic mass is 10.2. The fourth-order valence-electron chi connectivity index (χ4n) is 2.60. The molecule has 0 bridgehead atoms. The van der Waals surface area contributed by atoms with Crippen molar-refractivity contribution in [3.8, 4) is 23.0 Å². The van der Waals surface area contributed by atoms with Crippen LogP contribution >= 0.6 is 0 Å². The lowest BCUT2D eigenvalue weighted by molar-refractivity contribution is -0.120. The first-order valence-corrected chi connectivity index (χ1v) is 8.82. The van der Waals surface area contributed by atoms with E-state index in [2.05, 4.69) is 15.8 Å². The van der Waals surface area contributed by atoms with Gasteiger partial charge in [-0.1, -0.05) is 0 Å². The first kappa shape index (κ1) is 20.0. The molecule has 0 aliphatic carbocycles. The van der Waals surface area contributed by atoms with Crippen molar-refractivity contribution in [3.05, 3.63) is 47.5 Å². The molecule has 0 radical (unpaired) electrons. The van der Waals surface area contributed by atoms with Crippen LogP contribution in [-0.2, 0) is 4.79 Å². The topological polar surface area (TPSA) is 107 Å². The van der Waals surface area contributed by atoms with Gasteiger partial charge >= 0.3 is 0 Å². The van der Waals surface area contributed by atoms with E-state index in [0.29, 0.717) is 47.3 Å². The van der Waals surface area contributed by atoms with Gasteiger partial charge in [-0.2, -0.15) is 5.10 Å². The first-order chi connectivity index (χ1) is 14.1. The van der Waals surface area contributed by atoms with E-state index in [1.54, 1.807) is 43.5 Å². The molecule has 0 saturated carbocycles.